The Kier molecular flexibility index (Phi) is 4.37. The predicted octanol–water partition coefficient (Wildman–Crippen LogP) is -0.0959. The summed E-state index contributed by atoms with van der Waals surface area (Å²) in [4.78, 5) is 36.6. The monoisotopic (exact) mass is 331 g/mol. The van der Waals surface area contributed by atoms with E-state index in [0.29, 0.717) is 24.7 Å². The molecule has 0 radical (unpaired) electrons. The van der Waals surface area contributed by atoms with Crippen LogP contribution in [0.4, 0.5) is 0 Å². The number of ether oxygens (including phenoxy) is 2. The molecule has 1 aliphatic rings. The van der Waals surface area contributed by atoms with E-state index in [4.69, 9.17) is 9.47 Å². The summed E-state index contributed by atoms with van der Waals surface area (Å²) in [5.74, 6) is 1.03. The van der Waals surface area contributed by atoms with Crippen LogP contribution < -0.4 is 20.6 Å². The highest BCUT2D eigenvalue weighted by atomic mass is 16.6. The molecule has 8 nitrogen and oxygen atoms in total. The van der Waals surface area contributed by atoms with Crippen molar-refractivity contribution in [3.8, 4) is 11.5 Å². The lowest BCUT2D eigenvalue weighted by Gasteiger charge is -2.29. The van der Waals surface area contributed by atoms with Crippen LogP contribution in [0.25, 0.3) is 0 Å². The number of hydrogen-bond acceptors (Lipinski definition) is 5. The minimum Gasteiger partial charge on any atom is -0.486 e. The smallest absolute Gasteiger partial charge is 0.266 e. The van der Waals surface area contributed by atoms with E-state index in [1.54, 1.807) is 13.1 Å². The van der Waals surface area contributed by atoms with E-state index < -0.39 is 11.1 Å². The van der Waals surface area contributed by atoms with Gasteiger partial charge in [0.25, 0.3) is 11.1 Å². The van der Waals surface area contributed by atoms with Crippen molar-refractivity contribution in [3.05, 3.63) is 56.6 Å². The summed E-state index contributed by atoms with van der Waals surface area (Å²) in [7, 11) is 1.62. The average molecular weight is 331 g/mol. The molecule has 1 amide bonds. The molecule has 1 aliphatic heterocycles. The van der Waals surface area contributed by atoms with Crippen molar-refractivity contribution in [2.75, 3.05) is 20.2 Å². The molecular formula is C16H17N3O5. The van der Waals surface area contributed by atoms with Crippen LogP contribution in [0.15, 0.2) is 39.9 Å². The third-order valence-corrected chi connectivity index (χ3v) is 3.71. The first-order valence-corrected chi connectivity index (χ1v) is 7.46. The van der Waals surface area contributed by atoms with Gasteiger partial charge in [0.05, 0.1) is 13.0 Å². The van der Waals surface area contributed by atoms with Crippen molar-refractivity contribution >= 4 is 5.91 Å². The summed E-state index contributed by atoms with van der Waals surface area (Å²) >= 11 is 0. The Balaban J connectivity index is 1.62. The first-order valence-electron chi connectivity index (χ1n) is 7.46. The molecule has 2 aromatic rings. The molecule has 0 spiro atoms. The van der Waals surface area contributed by atoms with Gasteiger partial charge in [0.1, 0.15) is 6.61 Å². The molecule has 1 aromatic carbocycles. The number of carbonyl (C=O) groups is 1. The lowest BCUT2D eigenvalue weighted by atomic mass is 10.2. The van der Waals surface area contributed by atoms with Gasteiger partial charge in [-0.05, 0) is 12.1 Å². The topological polar surface area (TPSA) is 104 Å². The quantitative estimate of drug-likeness (QED) is 0.814. The van der Waals surface area contributed by atoms with Crippen molar-refractivity contribution in [1.29, 1.82) is 0 Å². The maximum Gasteiger partial charge on any atom is 0.266 e. The van der Waals surface area contributed by atoms with Gasteiger partial charge < -0.3 is 14.4 Å². The Labute approximate surface area is 137 Å². The van der Waals surface area contributed by atoms with Crippen LogP contribution in [0.1, 0.15) is 5.56 Å². The number of nitrogens with one attached hydrogen (secondary N) is 2. The largest absolute Gasteiger partial charge is 0.486 e. The Morgan fingerprint density at radius 1 is 1.25 bits per heavy atom. The summed E-state index contributed by atoms with van der Waals surface area (Å²) in [6, 6.07) is 8.45. The lowest BCUT2D eigenvalue weighted by Crippen LogP contribution is -2.42. The van der Waals surface area contributed by atoms with Crippen LogP contribution in [0.5, 0.6) is 11.5 Å². The number of aromatic nitrogens is 2. The third-order valence-electron chi connectivity index (χ3n) is 3.71. The van der Waals surface area contributed by atoms with Crippen LogP contribution >= 0.6 is 0 Å². The molecule has 3 rings (SSSR count). The maximum absolute atomic E-state index is 12.3. The first-order chi connectivity index (χ1) is 11.5. The molecule has 24 heavy (non-hydrogen) atoms. The van der Waals surface area contributed by atoms with Gasteiger partial charge in [-0.3, -0.25) is 24.6 Å². The van der Waals surface area contributed by atoms with Crippen LogP contribution in [0, 0.1) is 0 Å². The fourth-order valence-electron chi connectivity index (χ4n) is 2.45. The predicted molar refractivity (Wildman–Crippen MR) is 85.4 cm³/mol. The fourth-order valence-corrected chi connectivity index (χ4v) is 2.45. The number of nitrogens with zero attached hydrogens (tertiary/aromatic N) is 1. The highest BCUT2D eigenvalue weighted by molar-refractivity contribution is 5.78. The molecule has 0 saturated carbocycles. The second-order valence-corrected chi connectivity index (χ2v) is 5.56. The third kappa shape index (κ3) is 3.48. The van der Waals surface area contributed by atoms with Gasteiger partial charge >= 0.3 is 0 Å². The molecule has 0 aliphatic carbocycles. The molecule has 0 unspecified atom stereocenters. The minimum atomic E-state index is -0.484. The second-order valence-electron chi connectivity index (χ2n) is 5.56. The molecule has 2 heterocycles. The number of amides is 1. The highest BCUT2D eigenvalue weighted by Crippen LogP contribution is 2.30. The number of likely N-dealkylation sites (N-methyl/N-ethyl adjacent to an activating group) is 1. The number of benzene rings is 1. The van der Waals surface area contributed by atoms with E-state index in [9.17, 15) is 14.4 Å². The normalized spacial score (nSPS) is 15.8. The van der Waals surface area contributed by atoms with Crippen LogP contribution in [0.3, 0.4) is 0 Å². The number of para-hydroxylation sites is 2. The second kappa shape index (κ2) is 6.61. The Morgan fingerprint density at radius 2 is 2.00 bits per heavy atom. The van der Waals surface area contributed by atoms with Gasteiger partial charge in [-0.1, -0.05) is 12.1 Å². The average Bonchev–Trinajstić information content (AvgIpc) is 2.58. The summed E-state index contributed by atoms with van der Waals surface area (Å²) in [5.41, 5.74) is -0.815. The van der Waals surface area contributed by atoms with E-state index in [0.717, 1.165) is 6.07 Å². The minimum absolute atomic E-state index is 0.127. The van der Waals surface area contributed by atoms with Gasteiger partial charge in [0, 0.05) is 18.7 Å². The first kappa shape index (κ1) is 15.9. The summed E-state index contributed by atoms with van der Waals surface area (Å²) in [6.45, 7) is 0.647. The number of rotatable bonds is 4. The van der Waals surface area contributed by atoms with Crippen molar-refractivity contribution in [3.63, 3.8) is 0 Å². The Bertz CT molecular complexity index is 857. The number of aromatic amines is 2. The zero-order valence-electron chi connectivity index (χ0n) is 13.1. The van der Waals surface area contributed by atoms with Crippen LogP contribution in [-0.2, 0) is 11.2 Å². The Morgan fingerprint density at radius 3 is 2.79 bits per heavy atom. The van der Waals surface area contributed by atoms with E-state index in [-0.39, 0.29) is 24.0 Å². The SMILES string of the molecule is CN(C[C@H]1COc2ccccc2O1)C(=O)Cc1cc(=O)[nH][nH]c1=O. The van der Waals surface area contributed by atoms with Crippen LogP contribution in [0.2, 0.25) is 0 Å². The van der Waals surface area contributed by atoms with Gasteiger partial charge in [0.15, 0.2) is 17.6 Å². The molecule has 0 bridgehead atoms. The molecule has 126 valence electrons. The maximum atomic E-state index is 12.3. The number of carbonyl (C=O) groups excluding carboxylic acids is 1. The van der Waals surface area contributed by atoms with E-state index in [1.165, 1.54) is 4.90 Å². The van der Waals surface area contributed by atoms with Gasteiger partial charge in [0.2, 0.25) is 5.91 Å². The van der Waals surface area contributed by atoms with Crippen molar-refractivity contribution in [1.82, 2.24) is 15.1 Å². The standard InChI is InChI=1S/C16H17N3O5/c1-19(15(21)7-10-6-14(20)17-18-16(10)22)8-11-9-23-12-4-2-3-5-13(12)24-11/h2-6,11H,7-9H2,1H3,(H,17,20)(H,18,22)/t11-/m0/s1. The van der Waals surface area contributed by atoms with E-state index >= 15 is 0 Å². The van der Waals surface area contributed by atoms with E-state index in [2.05, 4.69) is 10.2 Å². The molecule has 2 N–H and O–H groups in total. The highest BCUT2D eigenvalue weighted by Gasteiger charge is 2.24. The molecular weight excluding hydrogens is 314 g/mol. The summed E-state index contributed by atoms with van der Waals surface area (Å²) in [5, 5.41) is 4.36. The summed E-state index contributed by atoms with van der Waals surface area (Å²) < 4.78 is 11.4. The van der Waals surface area contributed by atoms with Gasteiger partial charge in [-0.15, -0.1) is 0 Å². The van der Waals surface area contributed by atoms with Crippen molar-refractivity contribution < 1.29 is 14.3 Å². The van der Waals surface area contributed by atoms with Crippen molar-refractivity contribution in [2.45, 2.75) is 12.5 Å². The summed E-state index contributed by atoms with van der Waals surface area (Å²) in [6.07, 6.45) is -0.453. The van der Waals surface area contributed by atoms with Crippen molar-refractivity contribution in [2.24, 2.45) is 0 Å². The van der Waals surface area contributed by atoms with Crippen LogP contribution in [-0.4, -0.2) is 47.3 Å². The molecule has 0 fully saturated rings. The molecule has 8 heteroatoms. The number of hydrogen-bond donors (Lipinski definition) is 2. The molecule has 0 saturated heterocycles. The fraction of sp³-hybridized carbons (Fsp3) is 0.312. The molecule has 1 aromatic heterocycles. The zero-order chi connectivity index (χ0) is 17.1. The zero-order valence-corrected chi connectivity index (χ0v) is 13.1. The van der Waals surface area contributed by atoms with Gasteiger partial charge in [-0.2, -0.15) is 0 Å². The Hall–Kier alpha value is -3.03. The number of fused-ring (bicyclic) bond motifs is 1. The van der Waals surface area contributed by atoms with E-state index in [1.807, 2.05) is 18.2 Å². The molecule has 1 atom stereocenters. The number of H-pyrrole nitrogens is 2. The lowest BCUT2D eigenvalue weighted by molar-refractivity contribution is -0.130. The van der Waals surface area contributed by atoms with Gasteiger partial charge in [-0.25, -0.2) is 0 Å².